The van der Waals surface area contributed by atoms with Crippen LogP contribution in [0, 0.1) is 11.3 Å². The highest BCUT2D eigenvalue weighted by Gasteiger charge is 2.12. The molecule has 106 valence electrons. The van der Waals surface area contributed by atoms with Crippen LogP contribution in [0.2, 0.25) is 0 Å². The first-order chi connectivity index (χ1) is 10.1. The van der Waals surface area contributed by atoms with Gasteiger partial charge in [-0.3, -0.25) is 0 Å². The first-order valence-electron chi connectivity index (χ1n) is 6.38. The highest BCUT2D eigenvalue weighted by molar-refractivity contribution is 7.99. The highest BCUT2D eigenvalue weighted by atomic mass is 32.2. The topological polar surface area (TPSA) is 76.1 Å². The lowest BCUT2D eigenvalue weighted by Crippen LogP contribution is -2.07. The molecule has 2 aromatic carbocycles. The Morgan fingerprint density at radius 1 is 1.24 bits per heavy atom. The number of esters is 1. The average molecular weight is 298 g/mol. The molecule has 0 aliphatic rings. The van der Waals surface area contributed by atoms with E-state index in [0.29, 0.717) is 23.4 Å². The normalized spacial score (nSPS) is 9.90. The van der Waals surface area contributed by atoms with Crippen LogP contribution in [0.4, 0.5) is 5.69 Å². The second-order valence-corrected chi connectivity index (χ2v) is 5.35. The zero-order valence-corrected chi connectivity index (χ0v) is 12.3. The monoisotopic (exact) mass is 298 g/mol. The van der Waals surface area contributed by atoms with E-state index in [1.54, 1.807) is 31.2 Å². The summed E-state index contributed by atoms with van der Waals surface area (Å²) in [7, 11) is 0. The number of benzene rings is 2. The molecule has 0 saturated carbocycles. The van der Waals surface area contributed by atoms with Gasteiger partial charge in [-0.25, -0.2) is 4.79 Å². The molecule has 0 saturated heterocycles. The van der Waals surface area contributed by atoms with Crippen molar-refractivity contribution in [2.24, 2.45) is 0 Å². The Kier molecular flexibility index (Phi) is 4.85. The molecule has 0 amide bonds. The summed E-state index contributed by atoms with van der Waals surface area (Å²) in [5.74, 6) is -0.419. The molecule has 0 fully saturated rings. The summed E-state index contributed by atoms with van der Waals surface area (Å²) in [6, 6.07) is 14.6. The SMILES string of the molecule is CCOC(=O)c1cc(Sc2ccc(C#N)cc2)ccc1N. The minimum absolute atomic E-state index is 0.311. The Morgan fingerprint density at radius 2 is 1.90 bits per heavy atom. The van der Waals surface area contributed by atoms with Crippen molar-refractivity contribution in [3.05, 3.63) is 53.6 Å². The maximum Gasteiger partial charge on any atom is 0.340 e. The molecule has 0 spiro atoms. The fraction of sp³-hybridized carbons (Fsp3) is 0.125. The molecule has 0 bridgehead atoms. The van der Waals surface area contributed by atoms with Crippen molar-refractivity contribution in [1.82, 2.24) is 0 Å². The molecule has 5 heteroatoms. The van der Waals surface area contributed by atoms with Gasteiger partial charge in [0.1, 0.15) is 0 Å². The molecule has 4 nitrogen and oxygen atoms in total. The Labute approximate surface area is 127 Å². The van der Waals surface area contributed by atoms with E-state index in [-0.39, 0.29) is 0 Å². The molecule has 2 N–H and O–H groups in total. The number of carbonyl (C=O) groups excluding carboxylic acids is 1. The number of ether oxygens (including phenoxy) is 1. The van der Waals surface area contributed by atoms with Crippen molar-refractivity contribution in [3.8, 4) is 6.07 Å². The predicted octanol–water partition coefficient (Wildman–Crippen LogP) is 3.47. The molecule has 0 unspecified atom stereocenters. The summed E-state index contributed by atoms with van der Waals surface area (Å²) in [6.45, 7) is 2.06. The lowest BCUT2D eigenvalue weighted by molar-refractivity contribution is 0.0527. The van der Waals surface area contributed by atoms with Crippen LogP contribution >= 0.6 is 11.8 Å². The number of nitrogens with zero attached hydrogens (tertiary/aromatic N) is 1. The minimum Gasteiger partial charge on any atom is -0.462 e. The molecule has 21 heavy (non-hydrogen) atoms. The smallest absolute Gasteiger partial charge is 0.340 e. The van der Waals surface area contributed by atoms with Crippen LogP contribution in [0.15, 0.2) is 52.3 Å². The van der Waals surface area contributed by atoms with Crippen LogP contribution in [0.3, 0.4) is 0 Å². The van der Waals surface area contributed by atoms with E-state index >= 15 is 0 Å². The van der Waals surface area contributed by atoms with Gasteiger partial charge in [0.2, 0.25) is 0 Å². The van der Waals surface area contributed by atoms with Crippen molar-refractivity contribution >= 4 is 23.4 Å². The zero-order valence-electron chi connectivity index (χ0n) is 11.5. The van der Waals surface area contributed by atoms with Gasteiger partial charge in [0.25, 0.3) is 0 Å². The summed E-state index contributed by atoms with van der Waals surface area (Å²) in [5, 5.41) is 8.77. The van der Waals surface area contributed by atoms with Crippen molar-refractivity contribution < 1.29 is 9.53 Å². The van der Waals surface area contributed by atoms with Crippen molar-refractivity contribution in [3.63, 3.8) is 0 Å². The number of hydrogen-bond acceptors (Lipinski definition) is 5. The molecular formula is C16H14N2O2S. The van der Waals surface area contributed by atoms with Gasteiger partial charge >= 0.3 is 5.97 Å². The van der Waals surface area contributed by atoms with Crippen molar-refractivity contribution in [1.29, 1.82) is 5.26 Å². The molecular weight excluding hydrogens is 284 g/mol. The van der Waals surface area contributed by atoms with Crippen LogP contribution in [0.1, 0.15) is 22.8 Å². The van der Waals surface area contributed by atoms with Crippen LogP contribution in [-0.4, -0.2) is 12.6 Å². The number of nitriles is 1. The van der Waals surface area contributed by atoms with E-state index in [1.165, 1.54) is 11.8 Å². The predicted molar refractivity (Wildman–Crippen MR) is 82.1 cm³/mol. The maximum atomic E-state index is 11.8. The Hall–Kier alpha value is -2.45. The fourth-order valence-corrected chi connectivity index (χ4v) is 2.58. The van der Waals surface area contributed by atoms with Gasteiger partial charge in [-0.1, -0.05) is 11.8 Å². The van der Waals surface area contributed by atoms with Gasteiger partial charge in [0, 0.05) is 15.5 Å². The second kappa shape index (κ2) is 6.82. The van der Waals surface area contributed by atoms with Gasteiger partial charge in [-0.05, 0) is 49.4 Å². The molecule has 0 atom stereocenters. The summed E-state index contributed by atoms with van der Waals surface area (Å²) in [6.07, 6.45) is 0. The van der Waals surface area contributed by atoms with Crippen molar-refractivity contribution in [2.75, 3.05) is 12.3 Å². The molecule has 2 aromatic rings. The second-order valence-electron chi connectivity index (χ2n) is 4.21. The number of hydrogen-bond donors (Lipinski definition) is 1. The largest absolute Gasteiger partial charge is 0.462 e. The van der Waals surface area contributed by atoms with E-state index < -0.39 is 5.97 Å². The summed E-state index contributed by atoms with van der Waals surface area (Å²) < 4.78 is 4.98. The van der Waals surface area contributed by atoms with Crippen LogP contribution in [-0.2, 0) is 4.74 Å². The third kappa shape index (κ3) is 3.77. The molecule has 0 heterocycles. The van der Waals surface area contributed by atoms with Gasteiger partial charge in [0.05, 0.1) is 23.8 Å². The number of nitrogens with two attached hydrogens (primary N) is 1. The summed E-state index contributed by atoms with van der Waals surface area (Å²) in [4.78, 5) is 13.7. The fourth-order valence-electron chi connectivity index (χ4n) is 1.72. The first-order valence-corrected chi connectivity index (χ1v) is 7.20. The average Bonchev–Trinajstić information content (AvgIpc) is 2.50. The molecule has 0 aliphatic carbocycles. The van der Waals surface area contributed by atoms with Gasteiger partial charge in [-0.15, -0.1) is 0 Å². The third-order valence-corrected chi connectivity index (χ3v) is 3.74. The Morgan fingerprint density at radius 3 is 2.52 bits per heavy atom. The highest BCUT2D eigenvalue weighted by Crippen LogP contribution is 2.30. The number of nitrogen functional groups attached to an aromatic ring is 1. The van der Waals surface area contributed by atoms with E-state index in [2.05, 4.69) is 6.07 Å². The van der Waals surface area contributed by atoms with E-state index in [1.807, 2.05) is 18.2 Å². The number of rotatable bonds is 4. The Bertz CT molecular complexity index is 690. The molecule has 0 radical (unpaired) electrons. The molecule has 2 rings (SSSR count). The van der Waals surface area contributed by atoms with Crippen LogP contribution in [0.5, 0.6) is 0 Å². The quantitative estimate of drug-likeness (QED) is 0.691. The minimum atomic E-state index is -0.419. The maximum absolute atomic E-state index is 11.8. The lowest BCUT2D eigenvalue weighted by Gasteiger charge is -2.08. The van der Waals surface area contributed by atoms with Gasteiger partial charge < -0.3 is 10.5 Å². The van der Waals surface area contributed by atoms with Crippen molar-refractivity contribution in [2.45, 2.75) is 16.7 Å². The van der Waals surface area contributed by atoms with Gasteiger partial charge in [0.15, 0.2) is 0 Å². The first kappa shape index (κ1) is 14.9. The van der Waals surface area contributed by atoms with Crippen LogP contribution < -0.4 is 5.73 Å². The zero-order chi connectivity index (χ0) is 15.2. The summed E-state index contributed by atoms with van der Waals surface area (Å²) in [5.41, 5.74) is 7.19. The van der Waals surface area contributed by atoms with E-state index in [0.717, 1.165) is 9.79 Å². The Balaban J connectivity index is 2.22. The third-order valence-electron chi connectivity index (χ3n) is 2.74. The van der Waals surface area contributed by atoms with Crippen LogP contribution in [0.25, 0.3) is 0 Å². The number of anilines is 1. The molecule has 0 aliphatic heterocycles. The standard InChI is InChI=1S/C16H14N2O2S/c1-2-20-16(19)14-9-13(7-8-15(14)18)21-12-5-3-11(10-17)4-6-12/h3-9H,2,18H2,1H3. The summed E-state index contributed by atoms with van der Waals surface area (Å²) >= 11 is 1.49. The lowest BCUT2D eigenvalue weighted by atomic mass is 10.2. The molecule has 0 aromatic heterocycles. The number of carbonyl (C=O) groups is 1. The van der Waals surface area contributed by atoms with E-state index in [4.69, 9.17) is 15.7 Å². The van der Waals surface area contributed by atoms with E-state index in [9.17, 15) is 4.79 Å². The van der Waals surface area contributed by atoms with Gasteiger partial charge in [-0.2, -0.15) is 5.26 Å².